The number of hydrogen-bond donors (Lipinski definition) is 2. The molecule has 2 N–H and O–H groups in total. The molecule has 1 saturated carbocycles. The molecule has 1 aromatic carbocycles. The SMILES string of the molecule is CC1(CNC(=O)Cc2ccccc2C(=O)O)CC1. The molecule has 0 bridgehead atoms. The van der Waals surface area contributed by atoms with Crippen molar-refractivity contribution < 1.29 is 14.7 Å². The van der Waals surface area contributed by atoms with Crippen LogP contribution in [0.25, 0.3) is 0 Å². The quantitative estimate of drug-likeness (QED) is 0.834. The zero-order chi connectivity index (χ0) is 13.2. The van der Waals surface area contributed by atoms with Crippen LogP contribution >= 0.6 is 0 Å². The lowest BCUT2D eigenvalue weighted by Gasteiger charge is -2.11. The van der Waals surface area contributed by atoms with Crippen molar-refractivity contribution in [3.05, 3.63) is 35.4 Å². The molecule has 18 heavy (non-hydrogen) atoms. The van der Waals surface area contributed by atoms with Gasteiger partial charge in [0, 0.05) is 6.54 Å². The Kier molecular flexibility index (Phi) is 3.36. The largest absolute Gasteiger partial charge is 0.478 e. The molecule has 2 rings (SSSR count). The van der Waals surface area contributed by atoms with Gasteiger partial charge in [-0.3, -0.25) is 4.79 Å². The lowest BCUT2D eigenvalue weighted by atomic mass is 10.0. The molecule has 0 atom stereocenters. The second-order valence-corrected chi connectivity index (χ2v) is 5.23. The summed E-state index contributed by atoms with van der Waals surface area (Å²) in [6.07, 6.45) is 2.43. The van der Waals surface area contributed by atoms with Crippen molar-refractivity contribution in [1.29, 1.82) is 0 Å². The van der Waals surface area contributed by atoms with E-state index in [1.807, 2.05) is 0 Å². The van der Waals surface area contributed by atoms with Crippen molar-refractivity contribution in [3.8, 4) is 0 Å². The second kappa shape index (κ2) is 4.80. The van der Waals surface area contributed by atoms with E-state index in [1.165, 1.54) is 6.07 Å². The molecule has 1 fully saturated rings. The summed E-state index contributed by atoms with van der Waals surface area (Å²) < 4.78 is 0. The van der Waals surface area contributed by atoms with Gasteiger partial charge in [-0.05, 0) is 29.9 Å². The van der Waals surface area contributed by atoms with E-state index < -0.39 is 5.97 Å². The second-order valence-electron chi connectivity index (χ2n) is 5.23. The maximum Gasteiger partial charge on any atom is 0.335 e. The zero-order valence-electron chi connectivity index (χ0n) is 10.4. The van der Waals surface area contributed by atoms with Crippen LogP contribution in [0.4, 0.5) is 0 Å². The lowest BCUT2D eigenvalue weighted by Crippen LogP contribution is -2.30. The molecule has 0 saturated heterocycles. The van der Waals surface area contributed by atoms with Gasteiger partial charge in [-0.15, -0.1) is 0 Å². The number of benzene rings is 1. The summed E-state index contributed by atoms with van der Waals surface area (Å²) in [5.74, 6) is -1.11. The number of nitrogens with one attached hydrogen (secondary N) is 1. The highest BCUT2D eigenvalue weighted by Crippen LogP contribution is 2.43. The molecule has 1 amide bonds. The first-order valence-corrected chi connectivity index (χ1v) is 6.08. The van der Waals surface area contributed by atoms with Crippen LogP contribution in [0.1, 0.15) is 35.7 Å². The molecule has 96 valence electrons. The van der Waals surface area contributed by atoms with Gasteiger partial charge in [0.15, 0.2) is 0 Å². The maximum atomic E-state index is 11.8. The summed E-state index contributed by atoms with van der Waals surface area (Å²) in [6.45, 7) is 2.82. The summed E-state index contributed by atoms with van der Waals surface area (Å²) in [5.41, 5.74) is 1.02. The van der Waals surface area contributed by atoms with Crippen molar-refractivity contribution in [3.63, 3.8) is 0 Å². The monoisotopic (exact) mass is 247 g/mol. The molecule has 1 aliphatic rings. The minimum absolute atomic E-state index is 0.114. The Hall–Kier alpha value is -1.84. The van der Waals surface area contributed by atoms with Gasteiger partial charge in [-0.25, -0.2) is 4.79 Å². The van der Waals surface area contributed by atoms with E-state index in [1.54, 1.807) is 18.2 Å². The van der Waals surface area contributed by atoms with E-state index in [0.29, 0.717) is 12.1 Å². The number of hydrogen-bond acceptors (Lipinski definition) is 2. The Bertz CT molecular complexity index is 478. The normalized spacial score (nSPS) is 16.1. The highest BCUT2D eigenvalue weighted by Gasteiger charge is 2.37. The molecule has 0 unspecified atom stereocenters. The Labute approximate surface area is 106 Å². The number of carbonyl (C=O) groups is 2. The van der Waals surface area contributed by atoms with Crippen LogP contribution in [0.3, 0.4) is 0 Å². The van der Waals surface area contributed by atoms with Crippen LogP contribution in [0.15, 0.2) is 24.3 Å². The number of aromatic carboxylic acids is 1. The number of carbonyl (C=O) groups excluding carboxylic acids is 1. The van der Waals surface area contributed by atoms with Crippen LogP contribution in [0.2, 0.25) is 0 Å². The Morgan fingerprint density at radius 3 is 2.61 bits per heavy atom. The van der Waals surface area contributed by atoms with E-state index in [0.717, 1.165) is 12.8 Å². The number of carboxylic acids is 1. The van der Waals surface area contributed by atoms with E-state index in [2.05, 4.69) is 12.2 Å². The van der Waals surface area contributed by atoms with Gasteiger partial charge >= 0.3 is 5.97 Å². The molecule has 0 spiro atoms. The summed E-state index contributed by atoms with van der Waals surface area (Å²) in [7, 11) is 0. The van der Waals surface area contributed by atoms with Crippen LogP contribution in [-0.4, -0.2) is 23.5 Å². The van der Waals surface area contributed by atoms with Crippen molar-refractivity contribution >= 4 is 11.9 Å². The van der Waals surface area contributed by atoms with Crippen molar-refractivity contribution in [2.75, 3.05) is 6.54 Å². The van der Waals surface area contributed by atoms with E-state index in [-0.39, 0.29) is 23.3 Å². The molecular formula is C14H17NO3. The molecule has 0 radical (unpaired) electrons. The number of carboxylic acid groups (broad SMARTS) is 1. The Morgan fingerprint density at radius 2 is 2.00 bits per heavy atom. The molecular weight excluding hydrogens is 230 g/mol. The molecule has 1 aromatic rings. The maximum absolute atomic E-state index is 11.8. The zero-order valence-corrected chi connectivity index (χ0v) is 10.4. The average Bonchev–Trinajstić information content (AvgIpc) is 3.06. The molecule has 4 nitrogen and oxygen atoms in total. The predicted molar refractivity (Wildman–Crippen MR) is 67.5 cm³/mol. The highest BCUT2D eigenvalue weighted by atomic mass is 16.4. The molecule has 4 heteroatoms. The lowest BCUT2D eigenvalue weighted by molar-refractivity contribution is -0.120. The van der Waals surface area contributed by atoms with Gasteiger partial charge in [0.05, 0.1) is 12.0 Å². The molecule has 0 aromatic heterocycles. The molecule has 1 aliphatic carbocycles. The summed E-state index contributed by atoms with van der Waals surface area (Å²) in [6, 6.07) is 6.61. The van der Waals surface area contributed by atoms with Gasteiger partial charge in [-0.2, -0.15) is 0 Å². The van der Waals surface area contributed by atoms with Crippen LogP contribution < -0.4 is 5.32 Å². The fourth-order valence-corrected chi connectivity index (χ4v) is 1.82. The van der Waals surface area contributed by atoms with Crippen molar-refractivity contribution in [1.82, 2.24) is 5.32 Å². The fourth-order valence-electron chi connectivity index (χ4n) is 1.82. The van der Waals surface area contributed by atoms with Gasteiger partial charge in [0.25, 0.3) is 0 Å². The van der Waals surface area contributed by atoms with Crippen molar-refractivity contribution in [2.24, 2.45) is 5.41 Å². The first kappa shape index (κ1) is 12.6. The number of rotatable bonds is 5. The van der Waals surface area contributed by atoms with Gasteiger partial charge in [0.1, 0.15) is 0 Å². The third kappa shape index (κ3) is 3.09. The third-order valence-electron chi connectivity index (χ3n) is 3.41. The first-order chi connectivity index (χ1) is 8.50. The van der Waals surface area contributed by atoms with Crippen LogP contribution in [0, 0.1) is 5.41 Å². The van der Waals surface area contributed by atoms with Gasteiger partial charge in [-0.1, -0.05) is 25.1 Å². The van der Waals surface area contributed by atoms with Crippen LogP contribution in [0.5, 0.6) is 0 Å². The summed E-state index contributed by atoms with van der Waals surface area (Å²) in [4.78, 5) is 22.8. The van der Waals surface area contributed by atoms with E-state index in [9.17, 15) is 9.59 Å². The Morgan fingerprint density at radius 1 is 1.33 bits per heavy atom. The average molecular weight is 247 g/mol. The molecule has 0 aliphatic heterocycles. The number of amides is 1. The fraction of sp³-hybridized carbons (Fsp3) is 0.429. The minimum Gasteiger partial charge on any atom is -0.478 e. The van der Waals surface area contributed by atoms with E-state index in [4.69, 9.17) is 5.11 Å². The topological polar surface area (TPSA) is 66.4 Å². The predicted octanol–water partition coefficient (Wildman–Crippen LogP) is 1.84. The standard InChI is InChI=1S/C14H17NO3/c1-14(6-7-14)9-15-12(16)8-10-4-2-3-5-11(10)13(17)18/h2-5H,6-9H2,1H3,(H,15,16)(H,17,18). The Balaban J connectivity index is 1.96. The first-order valence-electron chi connectivity index (χ1n) is 6.08. The minimum atomic E-state index is -0.993. The summed E-state index contributed by atoms with van der Waals surface area (Å²) >= 11 is 0. The van der Waals surface area contributed by atoms with Crippen molar-refractivity contribution in [2.45, 2.75) is 26.2 Å². The van der Waals surface area contributed by atoms with Gasteiger partial charge < -0.3 is 10.4 Å². The van der Waals surface area contributed by atoms with Gasteiger partial charge in [0.2, 0.25) is 5.91 Å². The smallest absolute Gasteiger partial charge is 0.335 e. The van der Waals surface area contributed by atoms with Crippen LogP contribution in [-0.2, 0) is 11.2 Å². The summed E-state index contributed by atoms with van der Waals surface area (Å²) in [5, 5.41) is 11.9. The van der Waals surface area contributed by atoms with E-state index >= 15 is 0 Å². The third-order valence-corrected chi connectivity index (χ3v) is 3.41. The molecule has 0 heterocycles. The highest BCUT2D eigenvalue weighted by molar-refractivity contribution is 5.91.